The zero-order valence-electron chi connectivity index (χ0n) is 20.9. The van der Waals surface area contributed by atoms with Crippen LogP contribution in [-0.4, -0.2) is 60.1 Å². The maximum atomic E-state index is 13.9. The van der Waals surface area contributed by atoms with E-state index >= 15 is 0 Å². The third-order valence-corrected chi connectivity index (χ3v) is 5.17. The second-order valence-corrected chi connectivity index (χ2v) is 9.91. The van der Waals surface area contributed by atoms with E-state index in [1.165, 1.54) is 7.11 Å². The van der Waals surface area contributed by atoms with E-state index in [-0.39, 0.29) is 24.4 Å². The molecule has 34 heavy (non-hydrogen) atoms. The van der Waals surface area contributed by atoms with Crippen molar-refractivity contribution in [2.45, 2.75) is 77.6 Å². The Morgan fingerprint density at radius 1 is 1.09 bits per heavy atom. The van der Waals surface area contributed by atoms with Gasteiger partial charge in [0, 0.05) is 6.04 Å². The molecule has 2 N–H and O–H groups in total. The predicted octanol–water partition coefficient (Wildman–Crippen LogP) is 2.95. The second-order valence-electron chi connectivity index (χ2n) is 9.91. The summed E-state index contributed by atoms with van der Waals surface area (Å²) >= 11 is 0. The van der Waals surface area contributed by atoms with Crippen LogP contribution in [0.25, 0.3) is 0 Å². The first kappa shape index (κ1) is 27.1. The molecule has 0 spiro atoms. The van der Waals surface area contributed by atoms with Crippen molar-refractivity contribution in [3.63, 3.8) is 0 Å². The second kappa shape index (κ2) is 11.9. The molecular formula is C25H37N3O6. The number of carbonyl (C=O) groups is 4. The molecule has 0 heterocycles. The molecule has 0 radical (unpaired) electrons. The van der Waals surface area contributed by atoms with Crippen molar-refractivity contribution in [1.29, 1.82) is 0 Å². The lowest BCUT2D eigenvalue weighted by molar-refractivity contribution is -0.145. The molecule has 1 fully saturated rings. The summed E-state index contributed by atoms with van der Waals surface area (Å²) in [6.45, 7) is 8.85. The van der Waals surface area contributed by atoms with Gasteiger partial charge in [-0.1, -0.05) is 44.2 Å². The molecule has 2 atom stereocenters. The Kier molecular flexibility index (Phi) is 9.46. The van der Waals surface area contributed by atoms with Crippen LogP contribution in [0.5, 0.6) is 0 Å². The number of alkyl carbamates (subject to hydrolysis) is 1. The van der Waals surface area contributed by atoms with Crippen LogP contribution in [0.3, 0.4) is 0 Å². The van der Waals surface area contributed by atoms with Gasteiger partial charge < -0.3 is 25.0 Å². The van der Waals surface area contributed by atoms with Gasteiger partial charge in [0.1, 0.15) is 24.2 Å². The Hall–Kier alpha value is -3.10. The van der Waals surface area contributed by atoms with E-state index in [4.69, 9.17) is 4.74 Å². The van der Waals surface area contributed by atoms with Crippen LogP contribution < -0.4 is 10.6 Å². The molecule has 0 bridgehead atoms. The topological polar surface area (TPSA) is 114 Å². The van der Waals surface area contributed by atoms with Gasteiger partial charge in [0.05, 0.1) is 7.11 Å². The molecule has 9 heteroatoms. The van der Waals surface area contributed by atoms with Crippen LogP contribution in [0, 0.1) is 5.92 Å². The van der Waals surface area contributed by atoms with Gasteiger partial charge in [-0.2, -0.15) is 0 Å². The molecular weight excluding hydrogens is 438 g/mol. The Morgan fingerprint density at radius 2 is 1.71 bits per heavy atom. The van der Waals surface area contributed by atoms with Crippen LogP contribution in [0.4, 0.5) is 4.79 Å². The largest absolute Gasteiger partial charge is 0.468 e. The van der Waals surface area contributed by atoms with E-state index in [9.17, 15) is 19.2 Å². The van der Waals surface area contributed by atoms with Crippen molar-refractivity contribution in [3.05, 3.63) is 35.9 Å². The molecule has 2 unspecified atom stereocenters. The number of hydrogen-bond donors (Lipinski definition) is 2. The molecule has 3 amide bonds. The molecule has 1 saturated carbocycles. The fraction of sp³-hybridized carbons (Fsp3) is 0.600. The number of nitrogens with zero attached hydrogens (tertiary/aromatic N) is 1. The molecule has 1 aromatic rings. The number of methoxy groups -OCH3 is 1. The summed E-state index contributed by atoms with van der Waals surface area (Å²) in [7, 11) is 1.24. The summed E-state index contributed by atoms with van der Waals surface area (Å²) in [6.07, 6.45) is 1.20. The van der Waals surface area contributed by atoms with Gasteiger partial charge in [0.2, 0.25) is 11.8 Å². The fourth-order valence-electron chi connectivity index (χ4n) is 3.60. The van der Waals surface area contributed by atoms with Crippen LogP contribution in [0.15, 0.2) is 30.3 Å². The minimum atomic E-state index is -0.957. The lowest BCUT2D eigenvalue weighted by Crippen LogP contribution is -2.54. The maximum Gasteiger partial charge on any atom is 0.408 e. The third kappa shape index (κ3) is 8.35. The molecule has 1 aliphatic rings. The number of amides is 3. The molecule has 0 aromatic heterocycles. The minimum absolute atomic E-state index is 0.105. The Bertz CT molecular complexity index is 861. The first-order valence-electron chi connectivity index (χ1n) is 11.6. The van der Waals surface area contributed by atoms with Gasteiger partial charge >= 0.3 is 12.1 Å². The smallest absolute Gasteiger partial charge is 0.408 e. The lowest BCUT2D eigenvalue weighted by atomic mass is 9.99. The number of nitrogens with one attached hydrogen (secondary N) is 2. The van der Waals surface area contributed by atoms with Crippen molar-refractivity contribution >= 4 is 23.9 Å². The summed E-state index contributed by atoms with van der Waals surface area (Å²) < 4.78 is 10.00. The molecule has 188 valence electrons. The van der Waals surface area contributed by atoms with Crippen molar-refractivity contribution in [3.8, 4) is 0 Å². The van der Waals surface area contributed by atoms with Crippen molar-refractivity contribution in [1.82, 2.24) is 15.5 Å². The fourth-order valence-corrected chi connectivity index (χ4v) is 3.60. The van der Waals surface area contributed by atoms with Gasteiger partial charge in [-0.15, -0.1) is 0 Å². The SMILES string of the molecule is COC(=O)CNC(=O)C(c1ccccc1)N(C(=O)C(CC(C)C)NC(=O)OC(C)(C)C)C1CC1. The maximum absolute atomic E-state index is 13.9. The average molecular weight is 476 g/mol. The zero-order chi connectivity index (χ0) is 25.5. The Morgan fingerprint density at radius 3 is 2.21 bits per heavy atom. The summed E-state index contributed by atoms with van der Waals surface area (Å²) in [4.78, 5) is 52.8. The van der Waals surface area contributed by atoms with Crippen LogP contribution in [0.2, 0.25) is 0 Å². The molecule has 0 saturated heterocycles. The highest BCUT2D eigenvalue weighted by Gasteiger charge is 2.44. The van der Waals surface area contributed by atoms with Crippen molar-refractivity contribution < 1.29 is 28.7 Å². The number of ether oxygens (including phenoxy) is 2. The van der Waals surface area contributed by atoms with Crippen molar-refractivity contribution in [2.75, 3.05) is 13.7 Å². The lowest BCUT2D eigenvalue weighted by Gasteiger charge is -2.35. The van der Waals surface area contributed by atoms with Crippen LogP contribution >= 0.6 is 0 Å². The molecule has 1 aromatic carbocycles. The van der Waals surface area contributed by atoms with Crippen molar-refractivity contribution in [2.24, 2.45) is 5.92 Å². The normalized spacial score (nSPS) is 15.1. The van der Waals surface area contributed by atoms with E-state index in [0.29, 0.717) is 12.0 Å². The summed E-state index contributed by atoms with van der Waals surface area (Å²) in [5.41, 5.74) is -0.0999. The third-order valence-electron chi connectivity index (χ3n) is 5.17. The first-order chi connectivity index (χ1) is 15.9. The van der Waals surface area contributed by atoms with E-state index in [2.05, 4.69) is 15.4 Å². The van der Waals surface area contributed by atoms with E-state index in [0.717, 1.165) is 12.8 Å². The number of carbonyl (C=O) groups excluding carboxylic acids is 4. The minimum Gasteiger partial charge on any atom is -0.468 e. The average Bonchev–Trinajstić information content (AvgIpc) is 3.58. The molecule has 2 rings (SSSR count). The predicted molar refractivity (Wildman–Crippen MR) is 127 cm³/mol. The van der Waals surface area contributed by atoms with Gasteiger partial charge in [-0.25, -0.2) is 4.79 Å². The number of hydrogen-bond acceptors (Lipinski definition) is 6. The highest BCUT2D eigenvalue weighted by molar-refractivity contribution is 5.93. The summed E-state index contributed by atoms with van der Waals surface area (Å²) in [6, 6.07) is 6.97. The van der Waals surface area contributed by atoms with Gasteiger partial charge in [-0.05, 0) is 51.5 Å². The van der Waals surface area contributed by atoms with Crippen LogP contribution in [0.1, 0.15) is 65.5 Å². The highest BCUT2D eigenvalue weighted by atomic mass is 16.6. The van der Waals surface area contributed by atoms with E-state index in [1.807, 2.05) is 19.9 Å². The number of esters is 1. The van der Waals surface area contributed by atoms with E-state index in [1.54, 1.807) is 49.9 Å². The highest BCUT2D eigenvalue weighted by Crippen LogP contribution is 2.36. The Labute approximate surface area is 201 Å². The van der Waals surface area contributed by atoms with Gasteiger partial charge in [0.15, 0.2) is 0 Å². The van der Waals surface area contributed by atoms with Crippen LogP contribution in [-0.2, 0) is 23.9 Å². The summed E-state index contributed by atoms with van der Waals surface area (Å²) in [5, 5.41) is 5.30. The number of benzene rings is 1. The van der Waals surface area contributed by atoms with Gasteiger partial charge in [-0.3, -0.25) is 14.4 Å². The van der Waals surface area contributed by atoms with E-state index < -0.39 is 35.7 Å². The standard InChI is InChI=1S/C25H37N3O6/c1-16(2)14-19(27-24(32)34-25(3,4)5)23(31)28(18-12-13-18)21(17-10-8-7-9-11-17)22(30)26-15-20(29)33-6/h7-11,16,18-19,21H,12-15H2,1-6H3,(H,26,30)(H,27,32). The molecule has 0 aliphatic heterocycles. The quantitative estimate of drug-likeness (QED) is 0.503. The number of rotatable bonds is 10. The molecule has 9 nitrogen and oxygen atoms in total. The summed E-state index contributed by atoms with van der Waals surface area (Å²) in [5.74, 6) is -1.33. The van der Waals surface area contributed by atoms with Gasteiger partial charge in [0.25, 0.3) is 0 Å². The zero-order valence-corrected chi connectivity index (χ0v) is 20.9. The monoisotopic (exact) mass is 475 g/mol. The molecule has 1 aliphatic carbocycles. The first-order valence-corrected chi connectivity index (χ1v) is 11.6. The Balaban J connectivity index is 2.37.